The maximum Gasteiger partial charge on any atom is 0.487 e. The zero-order valence-electron chi connectivity index (χ0n) is 17.4. The van der Waals surface area contributed by atoms with Crippen molar-refractivity contribution in [2.75, 3.05) is 0 Å². The second-order valence-corrected chi connectivity index (χ2v) is 21.1. The summed E-state index contributed by atoms with van der Waals surface area (Å²) in [4.78, 5) is 12.2. The van der Waals surface area contributed by atoms with Crippen molar-refractivity contribution in [3.8, 4) is 0 Å². The highest BCUT2D eigenvalue weighted by molar-refractivity contribution is 6.88. The molecular formula is C19H40O3Si3. The minimum Gasteiger partial charge on any atom is -0.415 e. The van der Waals surface area contributed by atoms with E-state index in [9.17, 15) is 4.80 Å². The Bertz CT molecular complexity index is 436. The first-order valence-electron chi connectivity index (χ1n) is 10.6. The lowest BCUT2D eigenvalue weighted by atomic mass is 10.1. The first kappa shape index (κ1) is 21.6. The summed E-state index contributed by atoms with van der Waals surface area (Å²) in [5.74, 6) is 0.633. The minimum atomic E-state index is -3.28. The van der Waals surface area contributed by atoms with E-state index in [1.54, 1.807) is 0 Å². The lowest BCUT2D eigenvalue weighted by Crippen LogP contribution is -2.63. The molecule has 0 heterocycles. The summed E-state index contributed by atoms with van der Waals surface area (Å²) >= 11 is 0. The molecule has 2 atom stereocenters. The molecule has 0 spiro atoms. The average molecular weight is 401 g/mol. The number of hydrogen-bond acceptors (Lipinski definition) is 3. The minimum absolute atomic E-state index is 0.187. The van der Waals surface area contributed by atoms with Gasteiger partial charge in [0, 0.05) is 0 Å². The van der Waals surface area contributed by atoms with Crippen molar-refractivity contribution in [1.82, 2.24) is 0 Å². The van der Waals surface area contributed by atoms with E-state index in [0.717, 1.165) is 49.1 Å². The van der Waals surface area contributed by atoms with Crippen LogP contribution >= 0.6 is 0 Å². The molecule has 3 nitrogen and oxygen atoms in total. The molecule has 0 aromatic carbocycles. The lowest BCUT2D eigenvalue weighted by Gasteiger charge is -2.48. The first-order chi connectivity index (χ1) is 11.8. The predicted molar refractivity (Wildman–Crippen MR) is 114 cm³/mol. The molecule has 1 fully saturated rings. The van der Waals surface area contributed by atoms with Crippen molar-refractivity contribution >= 4 is 25.4 Å². The van der Waals surface area contributed by atoms with Crippen LogP contribution in [0.3, 0.4) is 0 Å². The molecule has 0 aromatic heterocycles. The molecule has 6 heteroatoms. The van der Waals surface area contributed by atoms with Crippen LogP contribution in [0.4, 0.5) is 0 Å². The van der Waals surface area contributed by atoms with E-state index in [2.05, 4.69) is 53.7 Å². The van der Waals surface area contributed by atoms with Gasteiger partial charge in [0.2, 0.25) is 0 Å². The van der Waals surface area contributed by atoms with Crippen LogP contribution in [0.1, 0.15) is 60.8 Å². The van der Waals surface area contributed by atoms with Crippen LogP contribution in [0.2, 0.25) is 41.3 Å². The van der Waals surface area contributed by atoms with E-state index in [1.165, 1.54) is 6.42 Å². The van der Waals surface area contributed by atoms with Gasteiger partial charge in [-0.1, -0.05) is 53.7 Å². The fraction of sp³-hybridized carbons (Fsp3) is 0.895. The summed E-state index contributed by atoms with van der Waals surface area (Å²) in [7, 11) is -7.14. The SMILES string of the molecule is CC[Si](CC)(CC)O[Si](O)(O[Si](CC)(CC)CC)C12C=CC(CC1)C2. The molecular weight excluding hydrogens is 360 g/mol. The molecule has 2 bridgehead atoms. The van der Waals surface area contributed by atoms with Crippen molar-refractivity contribution in [2.45, 2.75) is 102 Å². The van der Waals surface area contributed by atoms with Crippen LogP contribution in [-0.2, 0) is 8.23 Å². The van der Waals surface area contributed by atoms with Crippen LogP contribution in [0, 0.1) is 5.92 Å². The highest BCUT2D eigenvalue weighted by Gasteiger charge is 2.65. The Balaban J connectivity index is 2.43. The Hall–Kier alpha value is 0.271. The number of hydrogen-bond donors (Lipinski definition) is 1. The largest absolute Gasteiger partial charge is 0.487 e. The molecule has 0 radical (unpaired) electrons. The van der Waals surface area contributed by atoms with E-state index in [4.69, 9.17) is 8.23 Å². The van der Waals surface area contributed by atoms with E-state index in [0.29, 0.717) is 5.92 Å². The molecule has 1 N–H and O–H groups in total. The fourth-order valence-electron chi connectivity index (χ4n) is 4.89. The summed E-state index contributed by atoms with van der Waals surface area (Å²) in [5, 5.41) is -0.187. The molecule has 0 aromatic rings. The number of fused-ring (bicyclic) bond motifs is 2. The Morgan fingerprint density at radius 1 is 0.880 bits per heavy atom. The zero-order chi connectivity index (χ0) is 18.8. The van der Waals surface area contributed by atoms with Gasteiger partial charge in [-0.3, -0.25) is 0 Å². The molecule has 2 aliphatic carbocycles. The summed E-state index contributed by atoms with van der Waals surface area (Å²) in [5.41, 5.74) is 0. The van der Waals surface area contributed by atoms with Gasteiger partial charge in [-0.05, 0) is 61.4 Å². The number of rotatable bonds is 11. The Morgan fingerprint density at radius 3 is 1.56 bits per heavy atom. The van der Waals surface area contributed by atoms with E-state index < -0.39 is 25.4 Å². The third kappa shape index (κ3) is 3.80. The van der Waals surface area contributed by atoms with Gasteiger partial charge >= 0.3 is 8.80 Å². The monoisotopic (exact) mass is 400 g/mol. The highest BCUT2D eigenvalue weighted by Crippen LogP contribution is 2.61. The lowest BCUT2D eigenvalue weighted by molar-refractivity contribution is 0.201. The molecule has 2 aliphatic rings. The highest BCUT2D eigenvalue weighted by atomic mass is 28.5. The van der Waals surface area contributed by atoms with Crippen molar-refractivity contribution in [3.63, 3.8) is 0 Å². The molecule has 0 amide bonds. The van der Waals surface area contributed by atoms with Crippen molar-refractivity contribution < 1.29 is 13.0 Å². The van der Waals surface area contributed by atoms with Gasteiger partial charge in [-0.25, -0.2) is 0 Å². The normalized spacial score (nSPS) is 26.6. The maximum atomic E-state index is 12.2. The average Bonchev–Trinajstić information content (AvgIpc) is 3.28. The Labute approximate surface area is 158 Å². The van der Waals surface area contributed by atoms with Crippen molar-refractivity contribution in [1.29, 1.82) is 0 Å². The summed E-state index contributed by atoms with van der Waals surface area (Å²) < 4.78 is 13.9. The van der Waals surface area contributed by atoms with E-state index >= 15 is 0 Å². The van der Waals surface area contributed by atoms with Gasteiger partial charge in [0.15, 0.2) is 16.6 Å². The van der Waals surface area contributed by atoms with Crippen LogP contribution in [-0.4, -0.2) is 30.2 Å². The standard InChI is InChI=1S/C19H40O3Si3/c1-7-23(8-2,9-3)21-25(20,22-24(10-4,11-5)12-6)19-15-13-18(17-19)14-16-19/h13,15,18,20H,7-12,14,16-17H2,1-6H3. The second-order valence-electron chi connectivity index (χ2n) is 8.29. The van der Waals surface area contributed by atoms with Crippen molar-refractivity contribution in [3.05, 3.63) is 12.2 Å². The van der Waals surface area contributed by atoms with Gasteiger partial charge < -0.3 is 13.0 Å². The third-order valence-corrected chi connectivity index (χ3v) is 22.8. The zero-order valence-corrected chi connectivity index (χ0v) is 20.4. The van der Waals surface area contributed by atoms with Crippen LogP contribution < -0.4 is 0 Å². The van der Waals surface area contributed by atoms with Gasteiger partial charge in [0.1, 0.15) is 0 Å². The van der Waals surface area contributed by atoms with Crippen LogP contribution in [0.15, 0.2) is 12.2 Å². The summed E-state index contributed by atoms with van der Waals surface area (Å²) in [6, 6.07) is 6.42. The molecule has 2 unspecified atom stereocenters. The van der Waals surface area contributed by atoms with Gasteiger partial charge in [0.25, 0.3) is 0 Å². The van der Waals surface area contributed by atoms with Gasteiger partial charge in [-0.15, -0.1) is 0 Å². The van der Waals surface area contributed by atoms with Crippen LogP contribution in [0.5, 0.6) is 0 Å². The predicted octanol–water partition coefficient (Wildman–Crippen LogP) is 6.07. The molecule has 25 heavy (non-hydrogen) atoms. The Morgan fingerprint density at radius 2 is 1.32 bits per heavy atom. The molecule has 2 rings (SSSR count). The smallest absolute Gasteiger partial charge is 0.415 e. The van der Waals surface area contributed by atoms with E-state index in [-0.39, 0.29) is 5.04 Å². The number of allylic oxidation sites excluding steroid dienone is 2. The van der Waals surface area contributed by atoms with E-state index in [1.807, 2.05) is 0 Å². The van der Waals surface area contributed by atoms with Crippen LogP contribution in [0.25, 0.3) is 0 Å². The topological polar surface area (TPSA) is 38.7 Å². The van der Waals surface area contributed by atoms with Crippen molar-refractivity contribution in [2.24, 2.45) is 5.92 Å². The molecule has 0 saturated heterocycles. The quantitative estimate of drug-likeness (QED) is 0.338. The second kappa shape index (κ2) is 8.10. The molecule has 1 saturated carbocycles. The van der Waals surface area contributed by atoms with Gasteiger partial charge in [0.05, 0.1) is 5.04 Å². The van der Waals surface area contributed by atoms with Gasteiger partial charge in [-0.2, -0.15) is 0 Å². The third-order valence-electron chi connectivity index (χ3n) is 7.48. The fourth-order valence-corrected chi connectivity index (χ4v) is 19.5. The molecule has 146 valence electrons. The maximum absolute atomic E-state index is 12.2. The summed E-state index contributed by atoms with van der Waals surface area (Å²) in [6.07, 6.45) is 7.93. The summed E-state index contributed by atoms with van der Waals surface area (Å²) in [6.45, 7) is 13.5. The first-order valence-corrected chi connectivity index (χ1v) is 17.5. The molecule has 0 aliphatic heterocycles. The Kier molecular flexibility index (Phi) is 6.99.